The zero-order chi connectivity index (χ0) is 23.2. The van der Waals surface area contributed by atoms with E-state index in [1.165, 1.54) is 0 Å². The number of nitrogens with zero attached hydrogens (tertiary/aromatic N) is 1. The molecule has 0 bridgehead atoms. The van der Waals surface area contributed by atoms with Crippen LogP contribution in [0.2, 0.25) is 0 Å². The first-order chi connectivity index (χ1) is 14.4. The van der Waals surface area contributed by atoms with Crippen molar-refractivity contribution >= 4 is 129 Å². The number of carbonyl (C=O) groups is 3. The Hall–Kier alpha value is 0.210. The summed E-state index contributed by atoms with van der Waals surface area (Å²) in [5, 5.41) is 0. The standard InChI is InChI=1S/C18H8Br7NO5/c1-5(30-18(29)31-15-7(20)2-6(19)3-8(15)21)4-26-16(27)9-10(17(26)28)12(23)14(25)13(24)11(9)22/h2-3,5H,4H2,1H3. The molecule has 0 fully saturated rings. The number of ether oxygens (including phenoxy) is 2. The highest BCUT2D eigenvalue weighted by atomic mass is 79.9. The van der Waals surface area contributed by atoms with Gasteiger partial charge in [-0.1, -0.05) is 15.9 Å². The Morgan fingerprint density at radius 1 is 0.871 bits per heavy atom. The summed E-state index contributed by atoms with van der Waals surface area (Å²) in [6.07, 6.45) is -1.78. The van der Waals surface area contributed by atoms with Gasteiger partial charge in [0.15, 0.2) is 5.75 Å². The van der Waals surface area contributed by atoms with E-state index in [4.69, 9.17) is 9.47 Å². The summed E-state index contributed by atoms with van der Waals surface area (Å²) in [5.41, 5.74) is 0.453. The smallest absolute Gasteiger partial charge is 0.429 e. The quantitative estimate of drug-likeness (QED) is 0.102. The molecule has 164 valence electrons. The molecule has 2 aromatic carbocycles. The Labute approximate surface area is 235 Å². The first-order valence-electron chi connectivity index (χ1n) is 8.19. The molecule has 6 nitrogen and oxygen atoms in total. The number of benzene rings is 2. The minimum absolute atomic E-state index is 0.141. The predicted octanol–water partition coefficient (Wildman–Crippen LogP) is 8.22. The molecule has 0 saturated carbocycles. The van der Waals surface area contributed by atoms with Crippen molar-refractivity contribution in [2.75, 3.05) is 6.54 Å². The summed E-state index contributed by atoms with van der Waals surface area (Å²) in [7, 11) is 0. The highest BCUT2D eigenvalue weighted by molar-refractivity contribution is 9.15. The number of hydrogen-bond acceptors (Lipinski definition) is 5. The summed E-state index contributed by atoms with van der Waals surface area (Å²) in [4.78, 5) is 39.1. The lowest BCUT2D eigenvalue weighted by molar-refractivity contribution is 0.0382. The number of hydrogen-bond donors (Lipinski definition) is 0. The van der Waals surface area contributed by atoms with Crippen LogP contribution in [0.5, 0.6) is 5.75 Å². The Bertz CT molecular complexity index is 1070. The Morgan fingerprint density at radius 3 is 1.77 bits per heavy atom. The first-order valence-corrected chi connectivity index (χ1v) is 13.7. The molecule has 0 radical (unpaired) electrons. The molecule has 31 heavy (non-hydrogen) atoms. The average molecular weight is 878 g/mol. The van der Waals surface area contributed by atoms with Gasteiger partial charge in [-0.3, -0.25) is 14.5 Å². The van der Waals surface area contributed by atoms with Crippen LogP contribution < -0.4 is 4.74 Å². The minimum atomic E-state index is -0.972. The van der Waals surface area contributed by atoms with E-state index < -0.39 is 24.1 Å². The Morgan fingerprint density at radius 2 is 1.32 bits per heavy atom. The van der Waals surface area contributed by atoms with E-state index in [0.717, 1.165) is 9.37 Å². The molecular weight excluding hydrogens is 870 g/mol. The summed E-state index contributed by atoms with van der Waals surface area (Å²) in [5.74, 6) is -0.755. The van der Waals surface area contributed by atoms with Crippen molar-refractivity contribution in [2.45, 2.75) is 13.0 Å². The van der Waals surface area contributed by atoms with E-state index in [-0.39, 0.29) is 23.4 Å². The third-order valence-corrected chi connectivity index (χ3v) is 10.5. The Kier molecular flexibility index (Phi) is 8.52. The van der Waals surface area contributed by atoms with Gasteiger partial charge in [-0.05, 0) is 115 Å². The number of halogens is 7. The van der Waals surface area contributed by atoms with Gasteiger partial charge in [0.2, 0.25) is 0 Å². The molecule has 1 aliphatic rings. The van der Waals surface area contributed by atoms with Gasteiger partial charge in [0.05, 0.1) is 26.6 Å². The van der Waals surface area contributed by atoms with E-state index >= 15 is 0 Å². The van der Waals surface area contributed by atoms with Crippen LogP contribution in [0, 0.1) is 0 Å². The summed E-state index contributed by atoms with van der Waals surface area (Å²) < 4.78 is 14.5. The minimum Gasteiger partial charge on any atom is -0.429 e. The van der Waals surface area contributed by atoms with Crippen LogP contribution in [0.25, 0.3) is 0 Å². The average Bonchev–Trinajstić information content (AvgIpc) is 2.92. The third-order valence-electron chi connectivity index (χ3n) is 4.07. The van der Waals surface area contributed by atoms with E-state index in [0.29, 0.717) is 26.8 Å². The van der Waals surface area contributed by atoms with Crippen molar-refractivity contribution in [3.05, 3.63) is 54.6 Å². The van der Waals surface area contributed by atoms with Crippen LogP contribution in [0.15, 0.2) is 43.4 Å². The number of carbonyl (C=O) groups excluding carboxylic acids is 3. The van der Waals surface area contributed by atoms with Crippen LogP contribution in [0.4, 0.5) is 4.79 Å². The van der Waals surface area contributed by atoms with Crippen LogP contribution in [0.3, 0.4) is 0 Å². The molecule has 0 aliphatic carbocycles. The van der Waals surface area contributed by atoms with Crippen LogP contribution in [0.1, 0.15) is 27.6 Å². The monoisotopic (exact) mass is 870 g/mol. The SMILES string of the molecule is CC(CN1C(=O)c2c(Br)c(Br)c(Br)c(Br)c2C1=O)OC(=O)Oc1c(Br)cc(Br)cc1Br. The normalized spacial score (nSPS) is 14.0. The molecular formula is C18H8Br7NO5. The Balaban J connectivity index is 1.74. The van der Waals surface area contributed by atoms with Gasteiger partial charge in [-0.15, -0.1) is 0 Å². The maximum atomic E-state index is 12.9. The van der Waals surface area contributed by atoms with Crippen molar-refractivity contribution in [1.82, 2.24) is 4.90 Å². The first kappa shape index (κ1) is 25.8. The molecule has 2 amide bonds. The molecule has 1 unspecified atom stereocenters. The van der Waals surface area contributed by atoms with E-state index in [1.54, 1.807) is 19.1 Å². The second-order valence-electron chi connectivity index (χ2n) is 6.21. The highest BCUT2D eigenvalue weighted by Gasteiger charge is 2.41. The summed E-state index contributed by atoms with van der Waals surface area (Å²) in [6.45, 7) is 1.42. The second-order valence-corrected chi connectivity index (χ2v) is 12.0. The van der Waals surface area contributed by atoms with Crippen molar-refractivity contribution in [1.29, 1.82) is 0 Å². The molecule has 0 aromatic heterocycles. The zero-order valence-electron chi connectivity index (χ0n) is 15.1. The summed E-state index contributed by atoms with van der Waals surface area (Å²) >= 11 is 23.4. The highest BCUT2D eigenvalue weighted by Crippen LogP contribution is 2.45. The molecule has 1 heterocycles. The fraction of sp³-hybridized carbons (Fsp3) is 0.167. The molecule has 0 N–H and O–H groups in total. The van der Waals surface area contributed by atoms with Crippen LogP contribution in [-0.2, 0) is 4.74 Å². The fourth-order valence-corrected chi connectivity index (χ4v) is 7.63. The van der Waals surface area contributed by atoms with Gasteiger partial charge in [-0.25, -0.2) is 4.79 Å². The second kappa shape index (κ2) is 10.2. The third kappa shape index (κ3) is 5.17. The molecule has 1 atom stereocenters. The molecule has 2 aromatic rings. The maximum Gasteiger partial charge on any atom is 0.514 e. The number of rotatable bonds is 4. The van der Waals surface area contributed by atoms with Gasteiger partial charge in [0.1, 0.15) is 6.10 Å². The van der Waals surface area contributed by atoms with E-state index in [2.05, 4.69) is 112 Å². The van der Waals surface area contributed by atoms with Crippen LogP contribution >= 0.6 is 112 Å². The van der Waals surface area contributed by atoms with Crippen LogP contribution in [-0.4, -0.2) is 35.5 Å². The zero-order valence-corrected chi connectivity index (χ0v) is 26.2. The lowest BCUT2D eigenvalue weighted by Crippen LogP contribution is -2.38. The van der Waals surface area contributed by atoms with E-state index in [1.807, 2.05) is 0 Å². The van der Waals surface area contributed by atoms with E-state index in [9.17, 15) is 14.4 Å². The van der Waals surface area contributed by atoms with Crippen molar-refractivity contribution in [3.8, 4) is 5.75 Å². The number of amides is 2. The van der Waals surface area contributed by atoms with Gasteiger partial charge in [0.25, 0.3) is 11.8 Å². The topological polar surface area (TPSA) is 72.9 Å². The predicted molar refractivity (Wildman–Crippen MR) is 139 cm³/mol. The molecule has 13 heteroatoms. The van der Waals surface area contributed by atoms with Crippen molar-refractivity contribution in [3.63, 3.8) is 0 Å². The number of fused-ring (bicyclic) bond motifs is 1. The lowest BCUT2D eigenvalue weighted by atomic mass is 10.1. The van der Waals surface area contributed by atoms with Crippen molar-refractivity contribution < 1.29 is 23.9 Å². The fourth-order valence-electron chi connectivity index (χ4n) is 2.75. The molecule has 1 aliphatic heterocycles. The number of imide groups is 1. The van der Waals surface area contributed by atoms with Gasteiger partial charge >= 0.3 is 6.16 Å². The van der Waals surface area contributed by atoms with Gasteiger partial charge in [0, 0.05) is 22.4 Å². The lowest BCUT2D eigenvalue weighted by Gasteiger charge is -2.19. The molecule has 0 spiro atoms. The maximum absolute atomic E-state index is 12.9. The van der Waals surface area contributed by atoms with Gasteiger partial charge < -0.3 is 9.47 Å². The van der Waals surface area contributed by atoms with Gasteiger partial charge in [-0.2, -0.15) is 0 Å². The molecule has 0 saturated heterocycles. The van der Waals surface area contributed by atoms with Crippen molar-refractivity contribution in [2.24, 2.45) is 0 Å². The largest absolute Gasteiger partial charge is 0.514 e. The molecule has 3 rings (SSSR count). The summed E-state index contributed by atoms with van der Waals surface area (Å²) in [6, 6.07) is 3.42.